The predicted octanol–water partition coefficient (Wildman–Crippen LogP) is 1.55. The van der Waals surface area contributed by atoms with E-state index in [4.69, 9.17) is 0 Å². The van der Waals surface area contributed by atoms with Crippen molar-refractivity contribution in [1.82, 2.24) is 4.90 Å². The summed E-state index contributed by atoms with van der Waals surface area (Å²) in [6, 6.07) is 0. The van der Waals surface area contributed by atoms with Gasteiger partial charge in [-0.1, -0.05) is 19.3 Å². The fourth-order valence-electron chi connectivity index (χ4n) is 2.68. The smallest absolute Gasteiger partial charge is 0.225 e. The highest BCUT2D eigenvalue weighted by molar-refractivity contribution is 5.79. The maximum absolute atomic E-state index is 11.9. The number of nitrogens with zero attached hydrogens (tertiary/aromatic N) is 1. The van der Waals surface area contributed by atoms with Crippen LogP contribution in [-0.4, -0.2) is 35.1 Å². The molecule has 2 saturated carbocycles. The summed E-state index contributed by atoms with van der Waals surface area (Å²) in [5, 5.41) is 10.2. The third-order valence-electron chi connectivity index (χ3n) is 3.90. The number of amides is 1. The molecule has 0 aromatic heterocycles. The number of carbonyl (C=O) groups excluding carboxylic acids is 1. The Bertz CT molecular complexity index is 242. The first-order valence-corrected chi connectivity index (χ1v) is 6.08. The summed E-state index contributed by atoms with van der Waals surface area (Å²) in [5.74, 6) is 0.488. The van der Waals surface area contributed by atoms with Gasteiger partial charge in [0.05, 0.1) is 5.60 Å². The van der Waals surface area contributed by atoms with Crippen molar-refractivity contribution in [3.8, 4) is 0 Å². The lowest BCUT2D eigenvalue weighted by Crippen LogP contribution is -2.45. The first kappa shape index (κ1) is 10.9. The van der Waals surface area contributed by atoms with E-state index in [1.807, 2.05) is 7.05 Å². The second kappa shape index (κ2) is 4.12. The van der Waals surface area contributed by atoms with E-state index >= 15 is 0 Å². The van der Waals surface area contributed by atoms with Crippen molar-refractivity contribution in [3.05, 3.63) is 0 Å². The Morgan fingerprint density at radius 2 is 1.93 bits per heavy atom. The number of hydrogen-bond donors (Lipinski definition) is 1. The van der Waals surface area contributed by atoms with Gasteiger partial charge < -0.3 is 10.0 Å². The van der Waals surface area contributed by atoms with Crippen LogP contribution in [0.5, 0.6) is 0 Å². The number of aliphatic hydroxyl groups is 1. The molecule has 0 atom stereocenters. The maximum atomic E-state index is 11.9. The normalized spacial score (nSPS) is 24.9. The molecule has 2 rings (SSSR count). The van der Waals surface area contributed by atoms with Gasteiger partial charge in [0, 0.05) is 19.5 Å². The summed E-state index contributed by atoms with van der Waals surface area (Å²) in [6.45, 7) is 0.530. The molecule has 15 heavy (non-hydrogen) atoms. The molecule has 0 heterocycles. The lowest BCUT2D eigenvalue weighted by molar-refractivity contribution is -0.140. The van der Waals surface area contributed by atoms with E-state index in [0.29, 0.717) is 6.54 Å². The van der Waals surface area contributed by atoms with Gasteiger partial charge in [0.2, 0.25) is 5.91 Å². The van der Waals surface area contributed by atoms with E-state index in [0.717, 1.165) is 38.5 Å². The molecule has 1 amide bonds. The Kier molecular flexibility index (Phi) is 3.01. The third kappa shape index (κ3) is 2.33. The quantitative estimate of drug-likeness (QED) is 0.769. The zero-order chi connectivity index (χ0) is 10.9. The van der Waals surface area contributed by atoms with Crippen molar-refractivity contribution in [1.29, 1.82) is 0 Å². The topological polar surface area (TPSA) is 40.5 Å². The summed E-state index contributed by atoms with van der Waals surface area (Å²) in [5.41, 5.74) is -0.589. The first-order chi connectivity index (χ1) is 7.11. The van der Waals surface area contributed by atoms with Crippen LogP contribution in [-0.2, 0) is 4.79 Å². The lowest BCUT2D eigenvalue weighted by Gasteiger charge is -2.33. The molecule has 0 saturated heterocycles. The van der Waals surface area contributed by atoms with E-state index in [9.17, 15) is 9.90 Å². The summed E-state index contributed by atoms with van der Waals surface area (Å²) >= 11 is 0. The molecule has 0 bridgehead atoms. The zero-order valence-electron chi connectivity index (χ0n) is 9.54. The highest BCUT2D eigenvalue weighted by atomic mass is 16.3. The van der Waals surface area contributed by atoms with Gasteiger partial charge in [0.25, 0.3) is 0 Å². The fraction of sp³-hybridized carbons (Fsp3) is 0.917. The minimum absolute atomic E-state index is 0.238. The zero-order valence-corrected chi connectivity index (χ0v) is 9.54. The Labute approximate surface area is 91.5 Å². The van der Waals surface area contributed by atoms with Crippen LogP contribution in [0.4, 0.5) is 0 Å². The third-order valence-corrected chi connectivity index (χ3v) is 3.90. The van der Waals surface area contributed by atoms with Gasteiger partial charge in [0.15, 0.2) is 0 Å². The number of hydrogen-bond acceptors (Lipinski definition) is 2. The monoisotopic (exact) mass is 211 g/mol. The standard InChI is InChI=1S/C12H21NO2/c1-13(11(14)10-5-4-6-10)9-12(15)7-2-3-8-12/h10,15H,2-9H2,1H3. The highest BCUT2D eigenvalue weighted by Gasteiger charge is 2.35. The van der Waals surface area contributed by atoms with Crippen LogP contribution >= 0.6 is 0 Å². The molecule has 2 aliphatic carbocycles. The summed E-state index contributed by atoms with van der Waals surface area (Å²) in [7, 11) is 1.83. The van der Waals surface area contributed by atoms with Crippen molar-refractivity contribution >= 4 is 5.91 Å². The SMILES string of the molecule is CN(CC1(O)CCCC1)C(=O)C1CCC1. The van der Waals surface area contributed by atoms with Crippen molar-refractivity contribution in [2.75, 3.05) is 13.6 Å². The van der Waals surface area contributed by atoms with E-state index < -0.39 is 5.60 Å². The van der Waals surface area contributed by atoms with Gasteiger partial charge in [-0.15, -0.1) is 0 Å². The lowest BCUT2D eigenvalue weighted by atomic mass is 9.84. The van der Waals surface area contributed by atoms with Crippen molar-refractivity contribution in [2.24, 2.45) is 5.92 Å². The molecule has 1 N–H and O–H groups in total. The molecule has 0 aromatic carbocycles. The largest absolute Gasteiger partial charge is 0.388 e. The second-order valence-corrected chi connectivity index (χ2v) is 5.25. The Balaban J connectivity index is 1.84. The van der Waals surface area contributed by atoms with E-state index in [2.05, 4.69) is 0 Å². The molecular weight excluding hydrogens is 190 g/mol. The molecular formula is C12H21NO2. The van der Waals surface area contributed by atoms with Gasteiger partial charge in [-0.2, -0.15) is 0 Å². The Hall–Kier alpha value is -0.570. The van der Waals surface area contributed by atoms with Crippen molar-refractivity contribution in [2.45, 2.75) is 50.5 Å². The molecule has 2 fully saturated rings. The van der Waals surface area contributed by atoms with Crippen LogP contribution < -0.4 is 0 Å². The van der Waals surface area contributed by atoms with Crippen molar-refractivity contribution < 1.29 is 9.90 Å². The van der Waals surface area contributed by atoms with Crippen LogP contribution in [0, 0.1) is 5.92 Å². The molecule has 3 heteroatoms. The van der Waals surface area contributed by atoms with Crippen LogP contribution in [0.3, 0.4) is 0 Å². The summed E-state index contributed by atoms with van der Waals surface area (Å²) in [6.07, 6.45) is 7.19. The van der Waals surface area contributed by atoms with Crippen LogP contribution in [0.15, 0.2) is 0 Å². The predicted molar refractivity (Wildman–Crippen MR) is 58.4 cm³/mol. The maximum Gasteiger partial charge on any atom is 0.225 e. The Morgan fingerprint density at radius 1 is 1.33 bits per heavy atom. The molecule has 0 aromatic rings. The van der Waals surface area contributed by atoms with Gasteiger partial charge in [-0.25, -0.2) is 0 Å². The van der Waals surface area contributed by atoms with E-state index in [-0.39, 0.29) is 11.8 Å². The molecule has 0 unspecified atom stereocenters. The average Bonchev–Trinajstić information content (AvgIpc) is 2.48. The van der Waals surface area contributed by atoms with Gasteiger partial charge >= 0.3 is 0 Å². The highest BCUT2D eigenvalue weighted by Crippen LogP contribution is 2.32. The number of likely N-dealkylation sites (N-methyl/N-ethyl adjacent to an activating group) is 1. The van der Waals surface area contributed by atoms with E-state index in [1.165, 1.54) is 6.42 Å². The summed E-state index contributed by atoms with van der Waals surface area (Å²) in [4.78, 5) is 13.6. The van der Waals surface area contributed by atoms with Crippen LogP contribution in [0.2, 0.25) is 0 Å². The second-order valence-electron chi connectivity index (χ2n) is 5.25. The fourth-order valence-corrected chi connectivity index (χ4v) is 2.68. The number of carbonyl (C=O) groups is 1. The molecule has 0 aliphatic heterocycles. The Morgan fingerprint density at radius 3 is 2.40 bits per heavy atom. The first-order valence-electron chi connectivity index (χ1n) is 6.08. The minimum atomic E-state index is -0.589. The van der Waals surface area contributed by atoms with Crippen LogP contribution in [0.25, 0.3) is 0 Å². The van der Waals surface area contributed by atoms with E-state index in [1.54, 1.807) is 4.90 Å². The van der Waals surface area contributed by atoms with Gasteiger partial charge in [-0.05, 0) is 25.7 Å². The molecule has 3 nitrogen and oxygen atoms in total. The minimum Gasteiger partial charge on any atom is -0.388 e. The molecule has 0 spiro atoms. The van der Waals surface area contributed by atoms with Gasteiger partial charge in [-0.3, -0.25) is 4.79 Å². The number of rotatable bonds is 3. The molecule has 86 valence electrons. The average molecular weight is 211 g/mol. The van der Waals surface area contributed by atoms with Crippen LogP contribution in [0.1, 0.15) is 44.9 Å². The molecule has 0 radical (unpaired) electrons. The molecule has 2 aliphatic rings. The summed E-state index contributed by atoms with van der Waals surface area (Å²) < 4.78 is 0. The van der Waals surface area contributed by atoms with Gasteiger partial charge in [0.1, 0.15) is 0 Å². The van der Waals surface area contributed by atoms with Crippen molar-refractivity contribution in [3.63, 3.8) is 0 Å².